The predicted molar refractivity (Wildman–Crippen MR) is 136 cm³/mol. The molecule has 0 aliphatic carbocycles. The molecule has 3 aromatic carbocycles. The SMILES string of the molecule is COc1ccc(NC(=O)C2C3NC(=S)N(c4cccc(Br)c4)C2(C)Oc2ccccc23)cc1. The Morgan fingerprint density at radius 3 is 2.64 bits per heavy atom. The molecule has 3 unspecified atom stereocenters. The molecule has 3 aromatic rings. The van der Waals surface area contributed by atoms with E-state index in [1.807, 2.05) is 84.6 Å². The van der Waals surface area contributed by atoms with Gasteiger partial charge in [-0.2, -0.15) is 0 Å². The highest BCUT2D eigenvalue weighted by Crippen LogP contribution is 2.49. The molecule has 2 heterocycles. The fourth-order valence-electron chi connectivity index (χ4n) is 4.63. The molecule has 2 N–H and O–H groups in total. The number of ether oxygens (including phenoxy) is 2. The summed E-state index contributed by atoms with van der Waals surface area (Å²) in [5.41, 5.74) is 1.35. The molecule has 0 spiro atoms. The lowest BCUT2D eigenvalue weighted by molar-refractivity contribution is -0.130. The zero-order chi connectivity index (χ0) is 23.2. The third-order valence-electron chi connectivity index (χ3n) is 6.11. The van der Waals surface area contributed by atoms with Crippen molar-refractivity contribution in [2.75, 3.05) is 17.3 Å². The van der Waals surface area contributed by atoms with Crippen LogP contribution in [0.2, 0.25) is 0 Å². The second-order valence-electron chi connectivity index (χ2n) is 8.13. The Kier molecular flexibility index (Phi) is 5.50. The second-order valence-corrected chi connectivity index (χ2v) is 9.43. The smallest absolute Gasteiger partial charge is 0.236 e. The molecule has 2 aliphatic rings. The van der Waals surface area contributed by atoms with E-state index < -0.39 is 11.6 Å². The van der Waals surface area contributed by atoms with Gasteiger partial charge in [0, 0.05) is 21.4 Å². The number of rotatable bonds is 4. The highest BCUT2D eigenvalue weighted by atomic mass is 79.9. The first-order valence-corrected chi connectivity index (χ1v) is 11.7. The van der Waals surface area contributed by atoms with Crippen molar-refractivity contribution in [3.8, 4) is 11.5 Å². The lowest BCUT2D eigenvalue weighted by Gasteiger charge is -2.56. The number of amides is 1. The van der Waals surface area contributed by atoms with Gasteiger partial charge in [0.15, 0.2) is 10.8 Å². The van der Waals surface area contributed by atoms with Crippen molar-refractivity contribution in [2.24, 2.45) is 5.92 Å². The Bertz CT molecular complexity index is 1240. The number of nitrogens with zero attached hydrogens (tertiary/aromatic N) is 1. The molecule has 1 fully saturated rings. The standard InChI is InChI=1S/C25H22BrN3O3S/c1-25-21(23(30)27-16-10-12-18(31-2)13-11-16)22(19-8-3-4-9-20(19)32-25)28-24(33)29(25)17-7-5-6-15(26)14-17/h3-14,21-22H,1-2H3,(H,27,30)(H,28,33). The molecule has 1 amide bonds. The molecule has 0 saturated carbocycles. The van der Waals surface area contributed by atoms with Crippen LogP contribution in [0.25, 0.3) is 0 Å². The first-order valence-electron chi connectivity index (χ1n) is 10.5. The third kappa shape index (κ3) is 3.73. The van der Waals surface area contributed by atoms with Crippen LogP contribution >= 0.6 is 28.1 Å². The van der Waals surface area contributed by atoms with Crippen LogP contribution in [0.5, 0.6) is 11.5 Å². The van der Waals surface area contributed by atoms with Gasteiger partial charge in [0.2, 0.25) is 5.91 Å². The summed E-state index contributed by atoms with van der Waals surface area (Å²) in [6.45, 7) is 1.92. The van der Waals surface area contributed by atoms with Crippen LogP contribution in [0, 0.1) is 5.92 Å². The molecule has 168 valence electrons. The summed E-state index contributed by atoms with van der Waals surface area (Å²) in [4.78, 5) is 15.6. The number of fused-ring (bicyclic) bond motifs is 4. The van der Waals surface area contributed by atoms with Crippen molar-refractivity contribution >= 4 is 50.5 Å². The molecule has 0 radical (unpaired) electrons. The van der Waals surface area contributed by atoms with Gasteiger partial charge in [-0.15, -0.1) is 0 Å². The average Bonchev–Trinajstić information content (AvgIpc) is 2.79. The third-order valence-corrected chi connectivity index (χ3v) is 6.91. The number of halogens is 1. The Morgan fingerprint density at radius 2 is 1.91 bits per heavy atom. The van der Waals surface area contributed by atoms with E-state index in [-0.39, 0.29) is 11.9 Å². The van der Waals surface area contributed by atoms with E-state index in [0.717, 1.165) is 27.2 Å². The topological polar surface area (TPSA) is 62.8 Å². The van der Waals surface area contributed by atoms with Crippen LogP contribution < -0.4 is 25.0 Å². The lowest BCUT2D eigenvalue weighted by Crippen LogP contribution is -2.72. The summed E-state index contributed by atoms with van der Waals surface area (Å²) >= 11 is 9.32. The molecule has 5 rings (SSSR count). The number of para-hydroxylation sites is 1. The lowest BCUT2D eigenvalue weighted by atomic mass is 9.78. The number of hydrogen-bond acceptors (Lipinski definition) is 4. The minimum Gasteiger partial charge on any atom is -0.497 e. The summed E-state index contributed by atoms with van der Waals surface area (Å²) in [5.74, 6) is 0.686. The number of carbonyl (C=O) groups excluding carboxylic acids is 1. The summed E-state index contributed by atoms with van der Waals surface area (Å²) in [5, 5.41) is 6.97. The summed E-state index contributed by atoms with van der Waals surface area (Å²) in [6, 6.07) is 22.5. The normalized spacial score (nSPS) is 23.1. The first-order chi connectivity index (χ1) is 15.9. The largest absolute Gasteiger partial charge is 0.497 e. The van der Waals surface area contributed by atoms with E-state index in [2.05, 4.69) is 26.6 Å². The molecular weight excluding hydrogens is 502 g/mol. The van der Waals surface area contributed by atoms with Gasteiger partial charge in [-0.3, -0.25) is 9.69 Å². The van der Waals surface area contributed by atoms with Crippen molar-refractivity contribution < 1.29 is 14.3 Å². The molecule has 6 nitrogen and oxygen atoms in total. The molecule has 2 aliphatic heterocycles. The van der Waals surface area contributed by atoms with Crippen molar-refractivity contribution in [3.05, 3.63) is 82.8 Å². The fourth-order valence-corrected chi connectivity index (χ4v) is 5.43. The zero-order valence-corrected chi connectivity index (χ0v) is 20.4. The number of carbonyl (C=O) groups is 1. The maximum Gasteiger partial charge on any atom is 0.236 e. The Balaban J connectivity index is 1.59. The van der Waals surface area contributed by atoms with Crippen molar-refractivity contribution in [3.63, 3.8) is 0 Å². The number of thiocarbonyl (C=S) groups is 1. The number of nitrogens with one attached hydrogen (secondary N) is 2. The first kappa shape index (κ1) is 21.7. The van der Waals surface area contributed by atoms with Crippen LogP contribution in [0.3, 0.4) is 0 Å². The molecule has 8 heteroatoms. The van der Waals surface area contributed by atoms with Gasteiger partial charge in [-0.05, 0) is 67.7 Å². The van der Waals surface area contributed by atoms with Gasteiger partial charge in [0.1, 0.15) is 17.4 Å². The summed E-state index contributed by atoms with van der Waals surface area (Å²) in [7, 11) is 1.61. The minimum absolute atomic E-state index is 0.169. The van der Waals surface area contributed by atoms with E-state index in [0.29, 0.717) is 10.8 Å². The van der Waals surface area contributed by atoms with Gasteiger partial charge in [-0.1, -0.05) is 40.2 Å². The minimum atomic E-state index is -1.06. The molecular formula is C25H22BrN3O3S. The number of hydrogen-bond donors (Lipinski definition) is 2. The molecule has 33 heavy (non-hydrogen) atoms. The van der Waals surface area contributed by atoms with Crippen molar-refractivity contribution in [2.45, 2.75) is 18.7 Å². The summed E-state index contributed by atoms with van der Waals surface area (Å²) < 4.78 is 12.7. The van der Waals surface area contributed by atoms with Crippen LogP contribution in [0.1, 0.15) is 18.5 Å². The van der Waals surface area contributed by atoms with E-state index in [1.165, 1.54) is 0 Å². The van der Waals surface area contributed by atoms with Crippen LogP contribution in [-0.4, -0.2) is 23.9 Å². The molecule has 2 bridgehead atoms. The van der Waals surface area contributed by atoms with Crippen molar-refractivity contribution in [1.82, 2.24) is 5.32 Å². The monoisotopic (exact) mass is 523 g/mol. The maximum absolute atomic E-state index is 13.8. The maximum atomic E-state index is 13.8. The van der Waals surface area contributed by atoms with E-state index in [9.17, 15) is 4.79 Å². The van der Waals surface area contributed by atoms with Gasteiger partial charge < -0.3 is 20.1 Å². The van der Waals surface area contributed by atoms with Crippen molar-refractivity contribution in [1.29, 1.82) is 0 Å². The van der Waals surface area contributed by atoms with Crippen LogP contribution in [0.15, 0.2) is 77.3 Å². The van der Waals surface area contributed by atoms with E-state index in [1.54, 1.807) is 7.11 Å². The quantitative estimate of drug-likeness (QED) is 0.455. The van der Waals surface area contributed by atoms with Gasteiger partial charge in [-0.25, -0.2) is 0 Å². The van der Waals surface area contributed by atoms with Crippen LogP contribution in [-0.2, 0) is 4.79 Å². The van der Waals surface area contributed by atoms with Gasteiger partial charge in [0.05, 0.1) is 13.2 Å². The zero-order valence-electron chi connectivity index (χ0n) is 18.0. The fraction of sp³-hybridized carbons (Fsp3) is 0.200. The van der Waals surface area contributed by atoms with Gasteiger partial charge >= 0.3 is 0 Å². The number of benzene rings is 3. The summed E-state index contributed by atoms with van der Waals surface area (Å²) in [6.07, 6.45) is 0. The average molecular weight is 524 g/mol. The molecule has 0 aromatic heterocycles. The molecule has 3 atom stereocenters. The van der Waals surface area contributed by atoms with Gasteiger partial charge in [0.25, 0.3) is 0 Å². The highest BCUT2D eigenvalue weighted by Gasteiger charge is 2.59. The number of methoxy groups -OCH3 is 1. The predicted octanol–water partition coefficient (Wildman–Crippen LogP) is 5.26. The molecule has 1 saturated heterocycles. The Labute approximate surface area is 206 Å². The Morgan fingerprint density at radius 1 is 1.15 bits per heavy atom. The van der Waals surface area contributed by atoms with E-state index >= 15 is 0 Å². The Hall–Kier alpha value is -3.10. The van der Waals surface area contributed by atoms with E-state index in [4.69, 9.17) is 21.7 Å². The van der Waals surface area contributed by atoms with Crippen LogP contribution in [0.4, 0.5) is 11.4 Å². The second kappa shape index (κ2) is 8.35. The highest BCUT2D eigenvalue weighted by molar-refractivity contribution is 9.10. The number of anilines is 2.